The molecule has 1 N–H and O–H groups in total. The zero-order valence-electron chi connectivity index (χ0n) is 12.3. The van der Waals surface area contributed by atoms with E-state index in [-0.39, 0.29) is 6.04 Å². The zero-order chi connectivity index (χ0) is 14.8. The molecule has 3 rings (SSSR count). The van der Waals surface area contributed by atoms with Gasteiger partial charge >= 0.3 is 0 Å². The molecule has 0 aliphatic carbocycles. The van der Waals surface area contributed by atoms with E-state index in [0.717, 1.165) is 27.3 Å². The normalized spacial score (nSPS) is 12.3. The lowest BCUT2D eigenvalue weighted by Crippen LogP contribution is -2.09. The molecule has 5 heteroatoms. The number of ether oxygens (including phenoxy) is 1. The quantitative estimate of drug-likeness (QED) is 0.785. The van der Waals surface area contributed by atoms with E-state index in [1.54, 1.807) is 24.8 Å². The van der Waals surface area contributed by atoms with Crippen molar-refractivity contribution in [3.63, 3.8) is 0 Å². The second kappa shape index (κ2) is 5.69. The van der Waals surface area contributed by atoms with E-state index < -0.39 is 0 Å². The summed E-state index contributed by atoms with van der Waals surface area (Å²) in [4.78, 5) is 8.63. The molecule has 0 aliphatic heterocycles. The van der Waals surface area contributed by atoms with Crippen LogP contribution in [0, 0.1) is 6.92 Å². The molecule has 1 aromatic carbocycles. The minimum absolute atomic E-state index is 0.0973. The van der Waals surface area contributed by atoms with Crippen LogP contribution in [0.3, 0.4) is 0 Å². The number of fused-ring (bicyclic) bond motifs is 1. The summed E-state index contributed by atoms with van der Waals surface area (Å²) in [6, 6.07) is 8.30. The van der Waals surface area contributed by atoms with Gasteiger partial charge in [0.15, 0.2) is 0 Å². The summed E-state index contributed by atoms with van der Waals surface area (Å²) >= 11 is 1.65. The Kier molecular flexibility index (Phi) is 3.75. The Bertz CT molecular complexity index is 769. The van der Waals surface area contributed by atoms with Gasteiger partial charge in [-0.2, -0.15) is 0 Å². The summed E-state index contributed by atoms with van der Waals surface area (Å²) in [6.07, 6.45) is 1.59. The maximum Gasteiger partial charge on any atom is 0.147 e. The molecule has 0 aliphatic rings. The second-order valence-electron chi connectivity index (χ2n) is 4.97. The lowest BCUT2D eigenvalue weighted by molar-refractivity contribution is 0.408. The van der Waals surface area contributed by atoms with Crippen LogP contribution >= 0.6 is 11.3 Å². The number of nitrogens with one attached hydrogen (secondary N) is 1. The highest BCUT2D eigenvalue weighted by molar-refractivity contribution is 7.17. The first kappa shape index (κ1) is 13.8. The maximum absolute atomic E-state index is 5.46. The molecule has 2 aromatic heterocycles. The number of hydrogen-bond donors (Lipinski definition) is 1. The van der Waals surface area contributed by atoms with Crippen LogP contribution in [0.5, 0.6) is 5.75 Å². The second-order valence-corrected chi connectivity index (χ2v) is 5.88. The minimum Gasteiger partial charge on any atom is -0.496 e. The molecule has 0 saturated carbocycles. The third-order valence-corrected chi connectivity index (χ3v) is 4.36. The summed E-state index contributed by atoms with van der Waals surface area (Å²) in [5.41, 5.74) is 3.31. The number of benzene rings is 1. The lowest BCUT2D eigenvalue weighted by atomic mass is 10.0. The van der Waals surface area contributed by atoms with Crippen LogP contribution in [-0.4, -0.2) is 17.1 Å². The Morgan fingerprint density at radius 1 is 1.24 bits per heavy atom. The van der Waals surface area contributed by atoms with E-state index in [9.17, 15) is 0 Å². The molecule has 0 radical (unpaired) electrons. The largest absolute Gasteiger partial charge is 0.496 e. The summed E-state index contributed by atoms with van der Waals surface area (Å²) < 4.78 is 6.54. The van der Waals surface area contributed by atoms with Gasteiger partial charge in [-0.1, -0.05) is 17.7 Å². The average molecular weight is 299 g/mol. The molecule has 0 unspecified atom stereocenters. The van der Waals surface area contributed by atoms with Crippen LogP contribution in [0.4, 0.5) is 5.82 Å². The van der Waals surface area contributed by atoms with Crippen molar-refractivity contribution in [2.45, 2.75) is 19.9 Å². The Morgan fingerprint density at radius 2 is 2.10 bits per heavy atom. The lowest BCUT2D eigenvalue weighted by Gasteiger charge is -2.18. The summed E-state index contributed by atoms with van der Waals surface area (Å²) in [5, 5.41) is 5.50. The number of thiophene rings is 1. The molecule has 4 nitrogen and oxygen atoms in total. The predicted molar refractivity (Wildman–Crippen MR) is 87.2 cm³/mol. The molecule has 0 bridgehead atoms. The summed E-state index contributed by atoms with van der Waals surface area (Å²) in [7, 11) is 1.70. The van der Waals surface area contributed by atoms with Gasteiger partial charge in [0.1, 0.15) is 17.9 Å². The van der Waals surface area contributed by atoms with Crippen molar-refractivity contribution in [2.24, 2.45) is 0 Å². The molecular formula is C16H17N3OS. The Balaban J connectivity index is 1.94. The van der Waals surface area contributed by atoms with Crippen molar-refractivity contribution in [3.8, 4) is 5.75 Å². The van der Waals surface area contributed by atoms with E-state index >= 15 is 0 Å². The van der Waals surface area contributed by atoms with Gasteiger partial charge in [-0.15, -0.1) is 11.3 Å². The number of aromatic nitrogens is 2. The van der Waals surface area contributed by atoms with E-state index in [2.05, 4.69) is 41.3 Å². The van der Waals surface area contributed by atoms with Gasteiger partial charge in [0, 0.05) is 5.56 Å². The third-order valence-electron chi connectivity index (χ3n) is 3.45. The van der Waals surface area contributed by atoms with Gasteiger partial charge in [0.2, 0.25) is 0 Å². The van der Waals surface area contributed by atoms with Gasteiger partial charge in [-0.25, -0.2) is 9.97 Å². The number of nitrogens with zero attached hydrogens (tertiary/aromatic N) is 2. The first-order valence-corrected chi connectivity index (χ1v) is 7.66. The smallest absolute Gasteiger partial charge is 0.147 e. The van der Waals surface area contributed by atoms with Crippen LogP contribution in [0.15, 0.2) is 36.0 Å². The number of methoxy groups -OCH3 is 1. The Morgan fingerprint density at radius 3 is 2.90 bits per heavy atom. The fourth-order valence-electron chi connectivity index (χ4n) is 2.37. The molecule has 0 saturated heterocycles. The number of anilines is 1. The van der Waals surface area contributed by atoms with E-state index in [4.69, 9.17) is 4.74 Å². The van der Waals surface area contributed by atoms with Crippen molar-refractivity contribution in [1.82, 2.24) is 9.97 Å². The number of aryl methyl sites for hydroxylation is 1. The highest BCUT2D eigenvalue weighted by atomic mass is 32.1. The molecule has 108 valence electrons. The van der Waals surface area contributed by atoms with Gasteiger partial charge in [-0.05, 0) is 31.4 Å². The highest BCUT2D eigenvalue weighted by Crippen LogP contribution is 2.31. The van der Waals surface area contributed by atoms with Gasteiger partial charge in [-0.3, -0.25) is 0 Å². The van der Waals surface area contributed by atoms with Crippen LogP contribution in [-0.2, 0) is 0 Å². The average Bonchev–Trinajstić information content (AvgIpc) is 2.96. The summed E-state index contributed by atoms with van der Waals surface area (Å²) in [5.74, 6) is 1.75. The molecular weight excluding hydrogens is 282 g/mol. The molecule has 0 spiro atoms. The monoisotopic (exact) mass is 299 g/mol. The number of rotatable bonds is 4. The van der Waals surface area contributed by atoms with E-state index in [0.29, 0.717) is 0 Å². The van der Waals surface area contributed by atoms with Gasteiger partial charge in [0.25, 0.3) is 0 Å². The number of hydrogen-bond acceptors (Lipinski definition) is 5. The van der Waals surface area contributed by atoms with Gasteiger partial charge < -0.3 is 10.1 Å². The van der Waals surface area contributed by atoms with E-state index in [1.807, 2.05) is 17.5 Å². The summed E-state index contributed by atoms with van der Waals surface area (Å²) in [6.45, 7) is 4.19. The van der Waals surface area contributed by atoms with E-state index in [1.165, 1.54) is 5.56 Å². The SMILES string of the molecule is COc1ccc(C)cc1[C@H](C)Nc1ncnc2ccsc12. The van der Waals surface area contributed by atoms with Crippen molar-refractivity contribution in [1.29, 1.82) is 0 Å². The van der Waals surface area contributed by atoms with Gasteiger partial charge in [0.05, 0.1) is 23.4 Å². The highest BCUT2D eigenvalue weighted by Gasteiger charge is 2.14. The standard InChI is InChI=1S/C16H17N3OS/c1-10-4-5-14(20-3)12(8-10)11(2)19-16-15-13(6-7-21-15)17-9-18-16/h4-9,11H,1-3H3,(H,17,18,19)/t11-/m0/s1. The fraction of sp³-hybridized carbons (Fsp3) is 0.250. The van der Waals surface area contributed by atoms with Crippen LogP contribution < -0.4 is 10.1 Å². The first-order valence-electron chi connectivity index (χ1n) is 6.78. The van der Waals surface area contributed by atoms with Crippen LogP contribution in [0.1, 0.15) is 24.1 Å². The molecule has 1 atom stereocenters. The molecule has 3 aromatic rings. The van der Waals surface area contributed by atoms with Crippen molar-refractivity contribution >= 4 is 27.4 Å². The first-order chi connectivity index (χ1) is 10.2. The minimum atomic E-state index is 0.0973. The van der Waals surface area contributed by atoms with Crippen molar-refractivity contribution in [3.05, 3.63) is 47.1 Å². The Hall–Kier alpha value is -2.14. The zero-order valence-corrected chi connectivity index (χ0v) is 13.1. The van der Waals surface area contributed by atoms with Crippen molar-refractivity contribution < 1.29 is 4.74 Å². The van der Waals surface area contributed by atoms with Crippen LogP contribution in [0.25, 0.3) is 10.2 Å². The maximum atomic E-state index is 5.46. The molecule has 0 fully saturated rings. The van der Waals surface area contributed by atoms with Crippen LogP contribution in [0.2, 0.25) is 0 Å². The molecule has 2 heterocycles. The fourth-order valence-corrected chi connectivity index (χ4v) is 3.16. The third kappa shape index (κ3) is 2.69. The van der Waals surface area contributed by atoms with Crippen molar-refractivity contribution in [2.75, 3.05) is 12.4 Å². The molecule has 21 heavy (non-hydrogen) atoms. The Labute approximate surface area is 127 Å². The predicted octanol–water partition coefficient (Wildman–Crippen LogP) is 4.18. The topological polar surface area (TPSA) is 47.0 Å². The molecule has 0 amide bonds.